The zero-order chi connectivity index (χ0) is 7.72. The van der Waals surface area contributed by atoms with Gasteiger partial charge in [0.1, 0.15) is 0 Å². The molecule has 0 aromatic rings. The fraction of sp³-hybridized carbons (Fsp3) is 0.500. The highest BCUT2D eigenvalue weighted by molar-refractivity contribution is 6.30. The number of nitrogens with zero attached hydrogens (tertiary/aromatic N) is 1. The number of ketones is 1. The van der Waals surface area contributed by atoms with E-state index in [1.165, 1.54) is 6.21 Å². The standard InChI is InChI=1S/C8H11NO/c1-5-6(2)8(10)4-9-7(5)3/h4,6H,1-3H3. The highest BCUT2D eigenvalue weighted by Gasteiger charge is 2.17. The maximum absolute atomic E-state index is 11.0. The molecule has 0 spiro atoms. The summed E-state index contributed by atoms with van der Waals surface area (Å²) >= 11 is 0. The van der Waals surface area contributed by atoms with Crippen LogP contribution in [0.4, 0.5) is 0 Å². The smallest absolute Gasteiger partial charge is 0.180 e. The third-order valence-electron chi connectivity index (χ3n) is 2.03. The average molecular weight is 137 g/mol. The highest BCUT2D eigenvalue weighted by Crippen LogP contribution is 2.18. The van der Waals surface area contributed by atoms with Crippen molar-refractivity contribution < 1.29 is 4.79 Å². The van der Waals surface area contributed by atoms with E-state index in [2.05, 4.69) is 4.99 Å². The van der Waals surface area contributed by atoms with Crippen LogP contribution in [0.15, 0.2) is 16.3 Å². The van der Waals surface area contributed by atoms with Gasteiger partial charge in [0.2, 0.25) is 0 Å². The lowest BCUT2D eigenvalue weighted by Gasteiger charge is -2.13. The Balaban J connectivity index is 2.99. The van der Waals surface area contributed by atoms with Gasteiger partial charge >= 0.3 is 0 Å². The van der Waals surface area contributed by atoms with Crippen LogP contribution in [0.2, 0.25) is 0 Å². The van der Waals surface area contributed by atoms with E-state index in [9.17, 15) is 4.79 Å². The SMILES string of the molecule is CC1=C(C)C(C)C(=O)C=N1. The predicted molar refractivity (Wildman–Crippen MR) is 41.0 cm³/mol. The lowest BCUT2D eigenvalue weighted by atomic mass is 9.95. The summed E-state index contributed by atoms with van der Waals surface area (Å²) in [5.41, 5.74) is 2.07. The normalized spacial score (nSPS) is 25.9. The first kappa shape index (κ1) is 7.19. The third kappa shape index (κ3) is 1.01. The number of carbonyl (C=O) groups is 1. The van der Waals surface area contributed by atoms with Gasteiger partial charge in [0.15, 0.2) is 5.78 Å². The first-order chi connectivity index (χ1) is 4.63. The number of hydrogen-bond donors (Lipinski definition) is 0. The van der Waals surface area contributed by atoms with Crippen LogP contribution in [0.25, 0.3) is 0 Å². The molecule has 0 saturated carbocycles. The van der Waals surface area contributed by atoms with Gasteiger partial charge in [-0.1, -0.05) is 6.92 Å². The maximum Gasteiger partial charge on any atom is 0.180 e. The van der Waals surface area contributed by atoms with Crippen molar-refractivity contribution in [2.75, 3.05) is 0 Å². The summed E-state index contributed by atoms with van der Waals surface area (Å²) in [4.78, 5) is 14.9. The molecule has 0 N–H and O–H groups in total. The Morgan fingerprint density at radius 1 is 1.50 bits per heavy atom. The van der Waals surface area contributed by atoms with E-state index in [0.717, 1.165) is 11.3 Å². The van der Waals surface area contributed by atoms with E-state index in [1.54, 1.807) is 0 Å². The molecule has 0 saturated heterocycles. The fourth-order valence-electron chi connectivity index (χ4n) is 0.901. The molecule has 0 fully saturated rings. The van der Waals surface area contributed by atoms with E-state index in [4.69, 9.17) is 0 Å². The monoisotopic (exact) mass is 137 g/mol. The van der Waals surface area contributed by atoms with Gasteiger partial charge < -0.3 is 0 Å². The summed E-state index contributed by atoms with van der Waals surface area (Å²) in [6.45, 7) is 5.79. The van der Waals surface area contributed by atoms with E-state index in [0.29, 0.717) is 0 Å². The van der Waals surface area contributed by atoms with Crippen LogP contribution in [0.5, 0.6) is 0 Å². The summed E-state index contributed by atoms with van der Waals surface area (Å²) in [6.07, 6.45) is 1.41. The van der Waals surface area contributed by atoms with E-state index < -0.39 is 0 Å². The topological polar surface area (TPSA) is 29.4 Å². The summed E-state index contributed by atoms with van der Waals surface area (Å²) in [6, 6.07) is 0. The molecule has 0 radical (unpaired) electrons. The molecule has 0 aromatic carbocycles. The van der Waals surface area contributed by atoms with Gasteiger partial charge in [0.25, 0.3) is 0 Å². The van der Waals surface area contributed by atoms with Gasteiger partial charge in [-0.25, -0.2) is 0 Å². The van der Waals surface area contributed by atoms with Crippen molar-refractivity contribution in [2.45, 2.75) is 20.8 Å². The van der Waals surface area contributed by atoms with Gasteiger partial charge in [0.05, 0.1) is 6.21 Å². The second kappa shape index (κ2) is 2.37. The molecule has 1 heterocycles. The minimum atomic E-state index is 0.0394. The lowest BCUT2D eigenvalue weighted by molar-refractivity contribution is -0.114. The van der Waals surface area contributed by atoms with Crippen LogP contribution in [-0.2, 0) is 4.79 Å². The molecule has 0 amide bonds. The van der Waals surface area contributed by atoms with Gasteiger partial charge in [-0.15, -0.1) is 0 Å². The van der Waals surface area contributed by atoms with Crippen LogP contribution < -0.4 is 0 Å². The molecule has 0 bridgehead atoms. The molecule has 2 heteroatoms. The Labute approximate surface area is 60.7 Å². The molecule has 54 valence electrons. The zero-order valence-electron chi connectivity index (χ0n) is 6.51. The van der Waals surface area contributed by atoms with Crippen LogP contribution in [0.1, 0.15) is 20.8 Å². The molecule has 0 aromatic heterocycles. The van der Waals surface area contributed by atoms with E-state index in [1.807, 2.05) is 20.8 Å². The predicted octanol–water partition coefficient (Wildman–Crippen LogP) is 1.57. The summed E-state index contributed by atoms with van der Waals surface area (Å²) in [5.74, 6) is 0.153. The fourth-order valence-corrected chi connectivity index (χ4v) is 0.901. The lowest BCUT2D eigenvalue weighted by Crippen LogP contribution is -2.17. The Morgan fingerprint density at radius 2 is 2.10 bits per heavy atom. The summed E-state index contributed by atoms with van der Waals surface area (Å²) < 4.78 is 0. The molecule has 1 unspecified atom stereocenters. The van der Waals surface area contributed by atoms with Gasteiger partial charge in [0, 0.05) is 11.6 Å². The second-order valence-corrected chi connectivity index (χ2v) is 2.65. The first-order valence-corrected chi connectivity index (χ1v) is 3.38. The van der Waals surface area contributed by atoms with Crippen molar-refractivity contribution >= 4 is 12.0 Å². The number of hydrogen-bond acceptors (Lipinski definition) is 2. The number of allylic oxidation sites excluding steroid dienone is 2. The van der Waals surface area contributed by atoms with Crippen molar-refractivity contribution in [2.24, 2.45) is 10.9 Å². The van der Waals surface area contributed by atoms with Crippen molar-refractivity contribution in [3.8, 4) is 0 Å². The van der Waals surface area contributed by atoms with Crippen LogP contribution in [0, 0.1) is 5.92 Å². The van der Waals surface area contributed by atoms with Gasteiger partial charge in [-0.3, -0.25) is 9.79 Å². The van der Waals surface area contributed by atoms with E-state index >= 15 is 0 Å². The molecule has 2 nitrogen and oxygen atoms in total. The minimum Gasteiger partial charge on any atom is -0.292 e. The molecule has 1 aliphatic rings. The maximum atomic E-state index is 11.0. The van der Waals surface area contributed by atoms with Crippen LogP contribution >= 0.6 is 0 Å². The van der Waals surface area contributed by atoms with Crippen molar-refractivity contribution in [3.63, 3.8) is 0 Å². The molecule has 1 aliphatic heterocycles. The highest BCUT2D eigenvalue weighted by atomic mass is 16.1. The minimum absolute atomic E-state index is 0.0394. The van der Waals surface area contributed by atoms with Crippen molar-refractivity contribution in [1.82, 2.24) is 0 Å². The number of aliphatic imine (C=N–C) groups is 1. The average Bonchev–Trinajstić information content (AvgIpc) is 1.93. The summed E-state index contributed by atoms with van der Waals surface area (Å²) in [5, 5.41) is 0. The Bertz CT molecular complexity index is 225. The largest absolute Gasteiger partial charge is 0.292 e. The molecule has 1 atom stereocenters. The number of rotatable bonds is 0. The second-order valence-electron chi connectivity index (χ2n) is 2.65. The van der Waals surface area contributed by atoms with Crippen LogP contribution in [0.3, 0.4) is 0 Å². The van der Waals surface area contributed by atoms with Crippen molar-refractivity contribution in [1.29, 1.82) is 0 Å². The molecule has 0 aliphatic carbocycles. The van der Waals surface area contributed by atoms with Crippen LogP contribution in [-0.4, -0.2) is 12.0 Å². The number of Topliss-reactive ketones (excluding diaryl/α,β-unsaturated/α-hetero) is 1. The Hall–Kier alpha value is -0.920. The van der Waals surface area contributed by atoms with Gasteiger partial charge in [-0.2, -0.15) is 0 Å². The quantitative estimate of drug-likeness (QED) is 0.498. The van der Waals surface area contributed by atoms with E-state index in [-0.39, 0.29) is 11.7 Å². The summed E-state index contributed by atoms with van der Waals surface area (Å²) in [7, 11) is 0. The molecular weight excluding hydrogens is 126 g/mol. The molecule has 1 rings (SSSR count). The third-order valence-corrected chi connectivity index (χ3v) is 2.03. The molecule has 10 heavy (non-hydrogen) atoms. The van der Waals surface area contributed by atoms with Crippen molar-refractivity contribution in [3.05, 3.63) is 11.3 Å². The Kier molecular flexibility index (Phi) is 1.70. The Morgan fingerprint density at radius 3 is 2.60 bits per heavy atom. The van der Waals surface area contributed by atoms with Gasteiger partial charge in [-0.05, 0) is 19.4 Å². The molecular formula is C8H11NO. The number of carbonyl (C=O) groups excluding carboxylic acids is 1. The first-order valence-electron chi connectivity index (χ1n) is 3.38. The zero-order valence-corrected chi connectivity index (χ0v) is 6.51.